The molecule has 2 aromatic carbocycles. The van der Waals surface area contributed by atoms with Gasteiger partial charge in [0.2, 0.25) is 0 Å². The van der Waals surface area contributed by atoms with Gasteiger partial charge in [-0.1, -0.05) is 44.2 Å². The van der Waals surface area contributed by atoms with Gasteiger partial charge in [0.25, 0.3) is 5.91 Å². The summed E-state index contributed by atoms with van der Waals surface area (Å²) in [4.78, 5) is 12.5. The molecular weight excluding hydrogens is 286 g/mol. The lowest BCUT2D eigenvalue weighted by Crippen LogP contribution is -2.32. The minimum Gasteiger partial charge on any atom is -0.457 e. The highest BCUT2D eigenvalue weighted by Crippen LogP contribution is 2.25. The van der Waals surface area contributed by atoms with Gasteiger partial charge in [-0.05, 0) is 49.9 Å². The van der Waals surface area contributed by atoms with E-state index < -0.39 is 0 Å². The van der Waals surface area contributed by atoms with E-state index in [0.717, 1.165) is 18.6 Å². The predicted molar refractivity (Wildman–Crippen MR) is 94.0 cm³/mol. The third kappa shape index (κ3) is 5.44. The predicted octanol–water partition coefficient (Wildman–Crippen LogP) is 5.03. The number of amides is 1. The van der Waals surface area contributed by atoms with E-state index in [2.05, 4.69) is 19.2 Å². The van der Waals surface area contributed by atoms with E-state index in [1.54, 1.807) is 6.07 Å². The van der Waals surface area contributed by atoms with Gasteiger partial charge in [0, 0.05) is 6.04 Å². The lowest BCUT2D eigenvalue weighted by Gasteiger charge is -2.16. The fraction of sp³-hybridized carbons (Fsp3) is 0.350. The van der Waals surface area contributed by atoms with Crippen molar-refractivity contribution in [2.45, 2.75) is 39.7 Å². The molecule has 1 amide bonds. The Hall–Kier alpha value is -2.29. The quantitative estimate of drug-likeness (QED) is 0.778. The van der Waals surface area contributed by atoms with Crippen molar-refractivity contribution in [3.8, 4) is 11.5 Å². The van der Waals surface area contributed by atoms with Gasteiger partial charge < -0.3 is 10.1 Å². The van der Waals surface area contributed by atoms with Crippen molar-refractivity contribution in [1.29, 1.82) is 0 Å². The summed E-state index contributed by atoms with van der Waals surface area (Å²) < 4.78 is 5.85. The second-order valence-corrected chi connectivity index (χ2v) is 6.26. The fourth-order valence-electron chi connectivity index (χ4n) is 2.32. The maximum atomic E-state index is 12.5. The first-order chi connectivity index (χ1) is 11.1. The van der Waals surface area contributed by atoms with E-state index in [4.69, 9.17) is 4.74 Å². The Bertz CT molecular complexity index is 623. The van der Waals surface area contributed by atoms with Crippen molar-refractivity contribution < 1.29 is 9.53 Å². The Morgan fingerprint density at radius 3 is 2.30 bits per heavy atom. The number of benzene rings is 2. The molecular formula is C20H25NO2. The molecule has 2 rings (SSSR count). The summed E-state index contributed by atoms with van der Waals surface area (Å²) in [5.74, 6) is 1.85. The van der Waals surface area contributed by atoms with Crippen molar-refractivity contribution >= 4 is 5.91 Å². The minimum atomic E-state index is -0.0900. The molecule has 1 atom stereocenters. The van der Waals surface area contributed by atoms with Gasteiger partial charge in [0.15, 0.2) is 0 Å². The highest BCUT2D eigenvalue weighted by Gasteiger charge is 2.15. The Morgan fingerprint density at radius 2 is 1.61 bits per heavy atom. The summed E-state index contributed by atoms with van der Waals surface area (Å²) in [6.07, 6.45) is 2.08. The summed E-state index contributed by atoms with van der Waals surface area (Å²) in [7, 11) is 0. The maximum Gasteiger partial charge on any atom is 0.255 e. The zero-order chi connectivity index (χ0) is 16.7. The molecule has 0 saturated heterocycles. The van der Waals surface area contributed by atoms with Crippen LogP contribution in [0.25, 0.3) is 0 Å². The first-order valence-corrected chi connectivity index (χ1v) is 8.19. The fourth-order valence-corrected chi connectivity index (χ4v) is 2.32. The number of hydrogen-bond donors (Lipinski definition) is 1. The summed E-state index contributed by atoms with van der Waals surface area (Å²) >= 11 is 0. The molecule has 23 heavy (non-hydrogen) atoms. The molecule has 3 nitrogen and oxygen atoms in total. The van der Waals surface area contributed by atoms with E-state index in [1.807, 2.05) is 55.5 Å². The molecule has 0 aliphatic carbocycles. The van der Waals surface area contributed by atoms with E-state index in [-0.39, 0.29) is 11.9 Å². The van der Waals surface area contributed by atoms with Crippen LogP contribution >= 0.6 is 0 Å². The first-order valence-electron chi connectivity index (χ1n) is 8.19. The largest absolute Gasteiger partial charge is 0.457 e. The van der Waals surface area contributed by atoms with Gasteiger partial charge in [-0.15, -0.1) is 0 Å². The van der Waals surface area contributed by atoms with Crippen molar-refractivity contribution in [1.82, 2.24) is 5.32 Å². The van der Waals surface area contributed by atoms with Crippen LogP contribution in [0.3, 0.4) is 0 Å². The summed E-state index contributed by atoms with van der Waals surface area (Å²) in [6.45, 7) is 6.43. The van der Waals surface area contributed by atoms with Crippen LogP contribution in [0.4, 0.5) is 0 Å². The van der Waals surface area contributed by atoms with Crippen LogP contribution < -0.4 is 10.1 Å². The molecule has 0 saturated carbocycles. The van der Waals surface area contributed by atoms with Crippen LogP contribution in [0.5, 0.6) is 11.5 Å². The average molecular weight is 311 g/mol. The van der Waals surface area contributed by atoms with Gasteiger partial charge in [-0.2, -0.15) is 0 Å². The van der Waals surface area contributed by atoms with Crippen molar-refractivity contribution in [3.05, 3.63) is 60.2 Å². The lowest BCUT2D eigenvalue weighted by atomic mass is 10.0. The Morgan fingerprint density at radius 1 is 0.957 bits per heavy atom. The van der Waals surface area contributed by atoms with E-state index in [1.165, 1.54) is 0 Å². The number of carbonyl (C=O) groups is 1. The molecule has 1 N–H and O–H groups in total. The summed E-state index contributed by atoms with van der Waals surface area (Å²) in [6, 6.07) is 17.0. The number of carbonyl (C=O) groups excluding carboxylic acids is 1. The maximum absolute atomic E-state index is 12.5. The normalized spacial score (nSPS) is 12.0. The average Bonchev–Trinajstić information content (AvgIpc) is 2.54. The minimum absolute atomic E-state index is 0.0900. The van der Waals surface area contributed by atoms with Crippen molar-refractivity contribution in [2.24, 2.45) is 5.92 Å². The highest BCUT2D eigenvalue weighted by molar-refractivity contribution is 5.97. The monoisotopic (exact) mass is 311 g/mol. The topological polar surface area (TPSA) is 38.3 Å². The molecule has 122 valence electrons. The van der Waals surface area contributed by atoms with Crippen LogP contribution in [0, 0.1) is 5.92 Å². The van der Waals surface area contributed by atoms with Gasteiger partial charge in [0.1, 0.15) is 11.5 Å². The van der Waals surface area contributed by atoms with Crippen molar-refractivity contribution in [3.63, 3.8) is 0 Å². The number of ether oxygens (including phenoxy) is 1. The molecule has 2 aromatic rings. The molecule has 0 bridgehead atoms. The Balaban J connectivity index is 2.05. The molecule has 0 aliphatic heterocycles. The smallest absolute Gasteiger partial charge is 0.255 e. The third-order valence-corrected chi connectivity index (χ3v) is 3.66. The second-order valence-electron chi connectivity index (χ2n) is 6.26. The lowest BCUT2D eigenvalue weighted by molar-refractivity contribution is 0.0935. The molecule has 0 aliphatic rings. The van der Waals surface area contributed by atoms with Crippen LogP contribution in [0.2, 0.25) is 0 Å². The molecule has 0 fully saturated rings. The molecule has 0 aromatic heterocycles. The number of para-hydroxylation sites is 2. The van der Waals surface area contributed by atoms with E-state index in [0.29, 0.717) is 17.2 Å². The SMILES string of the molecule is CC(C)CC[C@@H](C)NC(=O)c1ccccc1Oc1ccccc1. The van der Waals surface area contributed by atoms with Gasteiger partial charge >= 0.3 is 0 Å². The van der Waals surface area contributed by atoms with Crippen LogP contribution in [-0.4, -0.2) is 11.9 Å². The van der Waals surface area contributed by atoms with Crippen LogP contribution in [-0.2, 0) is 0 Å². The molecule has 0 unspecified atom stereocenters. The number of rotatable bonds is 7. The van der Waals surface area contributed by atoms with Gasteiger partial charge in [0.05, 0.1) is 5.56 Å². The molecule has 3 heteroatoms. The zero-order valence-corrected chi connectivity index (χ0v) is 14.1. The molecule has 0 heterocycles. The van der Waals surface area contributed by atoms with Gasteiger partial charge in [-0.3, -0.25) is 4.79 Å². The third-order valence-electron chi connectivity index (χ3n) is 3.66. The Kier molecular flexibility index (Phi) is 6.21. The Labute approximate surface area is 138 Å². The second kappa shape index (κ2) is 8.37. The van der Waals surface area contributed by atoms with E-state index >= 15 is 0 Å². The molecule has 0 spiro atoms. The van der Waals surface area contributed by atoms with Crippen LogP contribution in [0.15, 0.2) is 54.6 Å². The standard InChI is InChI=1S/C20H25NO2/c1-15(2)13-14-16(3)21-20(22)18-11-7-8-12-19(18)23-17-9-5-4-6-10-17/h4-12,15-16H,13-14H2,1-3H3,(H,21,22)/t16-/m1/s1. The van der Waals surface area contributed by atoms with E-state index in [9.17, 15) is 4.79 Å². The van der Waals surface area contributed by atoms with Crippen LogP contribution in [0.1, 0.15) is 44.0 Å². The number of hydrogen-bond acceptors (Lipinski definition) is 2. The highest BCUT2D eigenvalue weighted by atomic mass is 16.5. The number of nitrogens with one attached hydrogen (secondary N) is 1. The zero-order valence-electron chi connectivity index (χ0n) is 14.1. The van der Waals surface area contributed by atoms with Gasteiger partial charge in [-0.25, -0.2) is 0 Å². The first kappa shape index (κ1) is 17.1. The molecule has 0 radical (unpaired) electrons. The van der Waals surface area contributed by atoms with Crippen molar-refractivity contribution in [2.75, 3.05) is 0 Å². The summed E-state index contributed by atoms with van der Waals surface area (Å²) in [5, 5.41) is 3.06. The summed E-state index contributed by atoms with van der Waals surface area (Å²) in [5.41, 5.74) is 0.563.